The molecule has 7 aromatic rings. The molecule has 0 saturated carbocycles. The zero-order valence-electron chi connectivity index (χ0n) is 48.0. The van der Waals surface area contributed by atoms with Gasteiger partial charge >= 0.3 is 7.12 Å². The van der Waals surface area contributed by atoms with Crippen LogP contribution in [0.15, 0.2) is 171 Å². The fourth-order valence-electron chi connectivity index (χ4n) is 7.54. The number of nitrogen functional groups attached to an aromatic ring is 1. The number of aromatic nitrogens is 2. The molecule has 8 rings (SSSR count). The van der Waals surface area contributed by atoms with E-state index in [-0.39, 0.29) is 43.2 Å². The first kappa shape index (κ1) is 68.3. The maximum absolute atomic E-state index is 13.6. The lowest BCUT2D eigenvalue weighted by Crippen LogP contribution is -2.44. The van der Waals surface area contributed by atoms with Crippen LogP contribution in [0.3, 0.4) is 0 Å². The van der Waals surface area contributed by atoms with Gasteiger partial charge in [-0.15, -0.1) is 0 Å². The highest BCUT2D eigenvalue weighted by Gasteiger charge is 2.30. The molecular weight excluding hydrogens is 1150 g/mol. The van der Waals surface area contributed by atoms with E-state index >= 15 is 0 Å². The Bertz CT molecular complexity index is 3750. The van der Waals surface area contributed by atoms with E-state index in [1.165, 1.54) is 30.3 Å². The zero-order valence-corrected chi connectivity index (χ0v) is 52.0. The van der Waals surface area contributed by atoms with Crippen molar-refractivity contribution in [3.05, 3.63) is 168 Å². The van der Waals surface area contributed by atoms with Crippen LogP contribution in [-0.2, 0) is 52.2 Å². The van der Waals surface area contributed by atoms with Gasteiger partial charge < -0.3 is 26.4 Å². The number of fused-ring (bicyclic) bond motifs is 2. The van der Waals surface area contributed by atoms with E-state index in [1.807, 2.05) is 65.8 Å². The maximum atomic E-state index is 13.6. The molecule has 0 saturated heterocycles. The Hall–Kier alpha value is -6.16. The molecule has 1 aromatic heterocycles. The summed E-state index contributed by atoms with van der Waals surface area (Å²) in [6.45, 7) is 22.8. The number of hydrogen-bond acceptors (Lipinski definition) is 15. The van der Waals surface area contributed by atoms with Crippen molar-refractivity contribution in [3.8, 4) is 11.1 Å². The first-order valence-electron chi connectivity index (χ1n) is 25.5. The molecule has 0 unspecified atom stereocenters. The van der Waals surface area contributed by atoms with Crippen molar-refractivity contribution in [1.82, 2.24) is 29.0 Å². The summed E-state index contributed by atoms with van der Waals surface area (Å²) in [5.41, 5.74) is 13.6. The van der Waals surface area contributed by atoms with E-state index in [1.54, 1.807) is 144 Å². The molecule has 0 radical (unpaired) electrons. The molecule has 0 bridgehead atoms. The third-order valence-corrected chi connectivity index (χ3v) is 17.2. The second kappa shape index (κ2) is 27.5. The molecule has 19 nitrogen and oxygen atoms in total. The van der Waals surface area contributed by atoms with Crippen molar-refractivity contribution in [2.75, 3.05) is 5.73 Å². The molecule has 2 heterocycles. The van der Waals surface area contributed by atoms with Crippen molar-refractivity contribution < 1.29 is 48.5 Å². The minimum Gasteiger partial charge on any atom is -0.423 e. The summed E-state index contributed by atoms with van der Waals surface area (Å²) in [4.78, 5) is 24.4. The summed E-state index contributed by atoms with van der Waals surface area (Å²) >= 11 is 0. The normalized spacial score (nSPS) is 12.9. The number of amides is 1. The molecular formula is C57H74BClN8O11S4. The Labute approximate surface area is 488 Å². The van der Waals surface area contributed by atoms with Crippen molar-refractivity contribution >= 4 is 85.1 Å². The summed E-state index contributed by atoms with van der Waals surface area (Å²) in [6, 6.07) is 42.0. The van der Waals surface area contributed by atoms with Gasteiger partial charge in [0.15, 0.2) is 0 Å². The van der Waals surface area contributed by atoms with Crippen LogP contribution in [0.2, 0.25) is 0 Å². The van der Waals surface area contributed by atoms with Crippen LogP contribution in [0, 0.1) is 0 Å². The number of carbonyl (C=O) groups excluding carboxylic acids is 1. The third kappa shape index (κ3) is 21.9. The monoisotopic (exact) mass is 1220 g/mol. The minimum absolute atomic E-state index is 0. The van der Waals surface area contributed by atoms with Gasteiger partial charge in [-0.3, -0.25) is 4.79 Å². The van der Waals surface area contributed by atoms with Gasteiger partial charge in [-0.25, -0.2) is 57.8 Å². The van der Waals surface area contributed by atoms with Crippen molar-refractivity contribution in [3.63, 3.8) is 0 Å². The molecule has 25 heteroatoms. The highest BCUT2D eigenvalue weighted by molar-refractivity contribution is 8.13. The Morgan fingerprint density at radius 2 is 0.951 bits per heavy atom. The molecule has 0 fully saturated rings. The van der Waals surface area contributed by atoms with Crippen LogP contribution in [0.1, 0.15) is 105 Å². The Morgan fingerprint density at radius 1 is 0.549 bits per heavy atom. The van der Waals surface area contributed by atoms with Gasteiger partial charge in [0.25, 0.3) is 15.0 Å². The molecule has 1 aliphatic rings. The van der Waals surface area contributed by atoms with Gasteiger partial charge in [-0.1, -0.05) is 103 Å². The van der Waals surface area contributed by atoms with Crippen LogP contribution >= 0.6 is 10.7 Å². The van der Waals surface area contributed by atoms with Gasteiger partial charge in [-0.05, 0) is 148 Å². The number of nitrogens with two attached hydrogens (primary N) is 2. The highest BCUT2D eigenvalue weighted by Crippen LogP contribution is 2.33. The summed E-state index contributed by atoms with van der Waals surface area (Å²) < 4.78 is 103. The second-order valence-corrected chi connectivity index (χ2v) is 30.5. The number of sulfonamides is 3. The Kier molecular flexibility index (Phi) is 22.9. The molecule has 442 valence electrons. The Balaban J connectivity index is 0.000000260. The molecule has 9 N–H and O–H groups in total. The molecule has 0 spiro atoms. The van der Waals surface area contributed by atoms with Crippen molar-refractivity contribution in [1.29, 1.82) is 0 Å². The van der Waals surface area contributed by atoms with Crippen molar-refractivity contribution in [2.45, 2.75) is 138 Å². The van der Waals surface area contributed by atoms with E-state index in [9.17, 15) is 38.5 Å². The van der Waals surface area contributed by atoms with Crippen LogP contribution in [0.4, 0.5) is 5.95 Å². The number of nitrogens with zero attached hydrogens (tertiary/aromatic N) is 3. The van der Waals surface area contributed by atoms with Crippen LogP contribution in [0.5, 0.6) is 0 Å². The number of benzene rings is 6. The summed E-state index contributed by atoms with van der Waals surface area (Å²) in [5, 5.41) is 18.8. The first-order chi connectivity index (χ1) is 37.6. The predicted molar refractivity (Wildman–Crippen MR) is 326 cm³/mol. The van der Waals surface area contributed by atoms with E-state index in [0.29, 0.717) is 40.0 Å². The maximum Gasteiger partial charge on any atom is 0.489 e. The largest absolute Gasteiger partial charge is 0.489 e. The second-order valence-electron chi connectivity index (χ2n) is 23.0. The molecule has 1 aliphatic heterocycles. The van der Waals surface area contributed by atoms with E-state index in [2.05, 4.69) is 24.1 Å². The number of anilines is 1. The van der Waals surface area contributed by atoms with E-state index in [0.717, 1.165) is 11.1 Å². The molecule has 1 amide bonds. The number of nitrogens with one attached hydrogen (secondary N) is 3. The van der Waals surface area contributed by atoms with E-state index < -0.39 is 62.9 Å². The number of carbonyl (C=O) groups is 1. The predicted octanol–water partition coefficient (Wildman–Crippen LogP) is 7.68. The van der Waals surface area contributed by atoms with Gasteiger partial charge in [0.05, 0.1) is 25.1 Å². The van der Waals surface area contributed by atoms with Gasteiger partial charge in [0.2, 0.25) is 36.0 Å². The van der Waals surface area contributed by atoms with Gasteiger partial charge in [0.1, 0.15) is 5.69 Å². The average Bonchev–Trinajstić information content (AvgIpc) is 3.95. The number of hydrogen-bond donors (Lipinski definition) is 7. The lowest BCUT2D eigenvalue weighted by Gasteiger charge is -2.22. The molecule has 0 atom stereocenters. The number of halogens is 1. The fraction of sp³-hybridized carbons (Fsp3) is 0.316. The highest BCUT2D eigenvalue weighted by atomic mass is 35.7. The minimum atomic E-state index is -3.80. The lowest BCUT2D eigenvalue weighted by molar-refractivity contribution is 0.0747. The quantitative estimate of drug-likeness (QED) is 0.0510. The lowest BCUT2D eigenvalue weighted by atomic mass is 9.80. The zero-order chi connectivity index (χ0) is 61.9. The Morgan fingerprint density at radius 3 is 1.40 bits per heavy atom. The van der Waals surface area contributed by atoms with Gasteiger partial charge in [-0.2, -0.15) is 0 Å². The van der Waals surface area contributed by atoms with Crippen LogP contribution in [-0.4, -0.2) is 93.8 Å². The molecule has 0 aliphatic carbocycles. The van der Waals surface area contributed by atoms with E-state index in [4.69, 9.17) is 32.2 Å². The van der Waals surface area contributed by atoms with Gasteiger partial charge in [0, 0.05) is 62.3 Å². The fourth-order valence-corrected chi connectivity index (χ4v) is 13.1. The first-order valence-corrected chi connectivity index (χ1v) is 32.3. The van der Waals surface area contributed by atoms with Crippen LogP contribution < -0.4 is 31.1 Å². The summed E-state index contributed by atoms with van der Waals surface area (Å²) in [7, 11) is -11.3. The third-order valence-electron chi connectivity index (χ3n) is 10.4. The summed E-state index contributed by atoms with van der Waals surface area (Å²) in [6.07, 6.45) is 0. The standard InChI is InChI=1S/C27H27N5O3S.C10H16BNO4S.C10H15NO2S.C6H5ClO2S.C4H11N/c1-27(2,3)31-36(34,35)23-11-7-6-10-20(23)17-12-13-22-21(14-17)24(30-26(28)29-22)25(33)32-15-18-8-4-5-9-19(18)16-32;1-10(2,3)12-17(15,16)9-7-5-4-6-8(9)11(13)14;1-10(2,3)11-14(12,13)9-7-5-4-6-8-9;7-10(8,9)6-4-2-1-3-5-6;1-4(2,3)5/h4-14,31H,15-16H2,1-3H3,(H2,28,29,30);4-7,12-14H,1-3H3;4-8,11H,1-3H3;1-5H;5H2,1-3H3. The molecule has 82 heavy (non-hydrogen) atoms. The summed E-state index contributed by atoms with van der Waals surface area (Å²) in [5.74, 6) is -0.245. The number of rotatable bonds is 10. The van der Waals surface area contributed by atoms with Crippen LogP contribution in [0.25, 0.3) is 22.0 Å². The smallest absolute Gasteiger partial charge is 0.423 e. The van der Waals surface area contributed by atoms with Crippen molar-refractivity contribution in [2.24, 2.45) is 5.73 Å². The molecule has 6 aromatic carbocycles. The SMILES string of the molecule is CC(C)(C)N.CC(C)(C)NS(=O)(=O)c1ccccc1.CC(C)(C)NS(=O)(=O)c1ccccc1-c1ccc2nc(N)nc(C(=O)N3Cc4ccccc4C3)c2c1.CC(C)(C)NS(=O)(=O)c1ccccc1B(O)O.O=S(=O)(Cl)c1ccccc1. The average molecular weight is 1220 g/mol. The topological polar surface area (TPSA) is 311 Å².